The molecule has 0 spiro atoms. The van der Waals surface area contributed by atoms with Gasteiger partial charge in [-0.25, -0.2) is 4.98 Å². The fraction of sp³-hybridized carbons (Fsp3) is 0.0833. The number of nitrogens with zero attached hydrogens (tertiary/aromatic N) is 1. The third-order valence-corrected chi connectivity index (χ3v) is 2.63. The molecule has 6 heteroatoms. The maximum atomic E-state index is 12.9. The summed E-state index contributed by atoms with van der Waals surface area (Å²) >= 11 is 5.62. The minimum atomic E-state index is -4.44. The summed E-state index contributed by atoms with van der Waals surface area (Å²) in [6.07, 6.45) is -3.20. The molecule has 0 aliphatic heterocycles. The highest BCUT2D eigenvalue weighted by Gasteiger charge is 2.33. The Morgan fingerprint density at radius 3 is 2.39 bits per heavy atom. The van der Waals surface area contributed by atoms with Crippen LogP contribution in [0.3, 0.4) is 0 Å². The van der Waals surface area contributed by atoms with E-state index in [0.717, 1.165) is 6.07 Å². The summed E-state index contributed by atoms with van der Waals surface area (Å²) in [6.45, 7) is 0. The van der Waals surface area contributed by atoms with Crippen molar-refractivity contribution in [2.75, 3.05) is 5.73 Å². The molecule has 18 heavy (non-hydrogen) atoms. The van der Waals surface area contributed by atoms with E-state index in [1.165, 1.54) is 30.5 Å². The zero-order valence-electron chi connectivity index (χ0n) is 9.00. The highest BCUT2D eigenvalue weighted by Crippen LogP contribution is 2.38. The van der Waals surface area contributed by atoms with E-state index in [0.29, 0.717) is 0 Å². The Hall–Kier alpha value is -1.75. The van der Waals surface area contributed by atoms with Gasteiger partial charge in [-0.2, -0.15) is 13.2 Å². The maximum Gasteiger partial charge on any atom is 0.417 e. The van der Waals surface area contributed by atoms with Crippen molar-refractivity contribution in [2.45, 2.75) is 6.18 Å². The summed E-state index contributed by atoms with van der Waals surface area (Å²) in [4.78, 5) is 3.76. The molecule has 0 fully saturated rings. The van der Waals surface area contributed by atoms with Crippen LogP contribution in [0.5, 0.6) is 0 Å². The van der Waals surface area contributed by atoms with E-state index in [4.69, 9.17) is 17.3 Å². The van der Waals surface area contributed by atoms with Crippen molar-refractivity contribution in [3.8, 4) is 11.1 Å². The molecular weight excluding hydrogens is 265 g/mol. The smallest absolute Gasteiger partial charge is 0.398 e. The Balaban J connectivity index is 2.64. The lowest BCUT2D eigenvalue weighted by atomic mass is 9.99. The number of rotatable bonds is 1. The van der Waals surface area contributed by atoms with Crippen molar-refractivity contribution in [3.05, 3.63) is 47.2 Å². The van der Waals surface area contributed by atoms with Gasteiger partial charge in [0.15, 0.2) is 0 Å². The maximum absolute atomic E-state index is 12.9. The molecule has 94 valence electrons. The van der Waals surface area contributed by atoms with E-state index in [1.807, 2.05) is 0 Å². The van der Waals surface area contributed by atoms with Crippen LogP contribution in [-0.2, 0) is 6.18 Å². The van der Waals surface area contributed by atoms with Gasteiger partial charge in [0.05, 0.1) is 5.56 Å². The second kappa shape index (κ2) is 4.49. The Kier molecular flexibility index (Phi) is 3.17. The lowest BCUT2D eigenvalue weighted by Crippen LogP contribution is -2.07. The largest absolute Gasteiger partial charge is 0.417 e. The zero-order chi connectivity index (χ0) is 13.3. The number of hydrogen-bond acceptors (Lipinski definition) is 2. The summed E-state index contributed by atoms with van der Waals surface area (Å²) < 4.78 is 38.6. The topological polar surface area (TPSA) is 38.9 Å². The average molecular weight is 273 g/mol. The van der Waals surface area contributed by atoms with Gasteiger partial charge in [-0.15, -0.1) is 0 Å². The summed E-state index contributed by atoms with van der Waals surface area (Å²) in [5.41, 5.74) is 5.29. The number of anilines is 1. The molecule has 0 aliphatic carbocycles. The number of aromatic nitrogens is 1. The SMILES string of the molecule is Nc1cc(Cl)ncc1-c1ccccc1C(F)(F)F. The third-order valence-electron chi connectivity index (χ3n) is 2.43. The van der Waals surface area contributed by atoms with Gasteiger partial charge in [0.25, 0.3) is 0 Å². The predicted octanol–water partition coefficient (Wildman–Crippen LogP) is 4.00. The molecule has 1 aromatic carbocycles. The van der Waals surface area contributed by atoms with Gasteiger partial charge in [0, 0.05) is 17.4 Å². The van der Waals surface area contributed by atoms with E-state index in [-0.39, 0.29) is 22.0 Å². The van der Waals surface area contributed by atoms with Crippen LogP contribution in [-0.4, -0.2) is 4.98 Å². The van der Waals surface area contributed by atoms with Crippen molar-refractivity contribution in [1.29, 1.82) is 0 Å². The molecule has 0 saturated carbocycles. The summed E-state index contributed by atoms with van der Waals surface area (Å²) in [6, 6.07) is 6.52. The van der Waals surface area contributed by atoms with Gasteiger partial charge < -0.3 is 5.73 Å². The molecule has 0 saturated heterocycles. The van der Waals surface area contributed by atoms with Crippen LogP contribution in [0.15, 0.2) is 36.5 Å². The summed E-state index contributed by atoms with van der Waals surface area (Å²) in [7, 11) is 0. The summed E-state index contributed by atoms with van der Waals surface area (Å²) in [5, 5.41) is 0.140. The van der Waals surface area contributed by atoms with Gasteiger partial charge in [0.1, 0.15) is 5.15 Å². The average Bonchev–Trinajstić information content (AvgIpc) is 2.28. The predicted molar refractivity (Wildman–Crippen MR) is 64.1 cm³/mol. The second-order valence-corrected chi connectivity index (χ2v) is 4.02. The fourth-order valence-corrected chi connectivity index (χ4v) is 1.80. The van der Waals surface area contributed by atoms with E-state index in [9.17, 15) is 13.2 Å². The van der Waals surface area contributed by atoms with Crippen molar-refractivity contribution in [1.82, 2.24) is 4.98 Å². The number of pyridine rings is 1. The van der Waals surface area contributed by atoms with Gasteiger partial charge in [-0.3, -0.25) is 0 Å². The molecule has 0 atom stereocenters. The molecular formula is C12H8ClF3N2. The Labute approximate surface area is 106 Å². The number of hydrogen-bond donors (Lipinski definition) is 1. The minimum absolute atomic E-state index is 0.00772. The highest BCUT2D eigenvalue weighted by molar-refractivity contribution is 6.29. The number of nitrogen functional groups attached to an aromatic ring is 1. The third kappa shape index (κ3) is 2.41. The van der Waals surface area contributed by atoms with Gasteiger partial charge >= 0.3 is 6.18 Å². The number of nitrogens with two attached hydrogens (primary N) is 1. The lowest BCUT2D eigenvalue weighted by molar-refractivity contribution is -0.137. The van der Waals surface area contributed by atoms with Crippen LogP contribution in [0.25, 0.3) is 11.1 Å². The molecule has 0 aliphatic rings. The van der Waals surface area contributed by atoms with Crippen LogP contribution in [0.4, 0.5) is 18.9 Å². The van der Waals surface area contributed by atoms with Gasteiger partial charge in [-0.1, -0.05) is 29.8 Å². The monoisotopic (exact) mass is 272 g/mol. The quantitative estimate of drug-likeness (QED) is 0.797. The van der Waals surface area contributed by atoms with Crippen molar-refractivity contribution in [3.63, 3.8) is 0 Å². The van der Waals surface area contributed by atoms with Crippen LogP contribution in [0, 0.1) is 0 Å². The molecule has 2 aromatic rings. The molecule has 0 unspecified atom stereocenters. The Bertz CT molecular complexity index is 582. The number of benzene rings is 1. The first-order chi connectivity index (χ1) is 8.39. The van der Waals surface area contributed by atoms with Crippen molar-refractivity contribution >= 4 is 17.3 Å². The molecule has 2 rings (SSSR count). The van der Waals surface area contributed by atoms with Crippen molar-refractivity contribution < 1.29 is 13.2 Å². The summed E-state index contributed by atoms with van der Waals surface area (Å²) in [5.74, 6) is 0. The molecule has 2 N–H and O–H groups in total. The van der Waals surface area contributed by atoms with Crippen LogP contribution in [0.1, 0.15) is 5.56 Å². The minimum Gasteiger partial charge on any atom is -0.398 e. The first-order valence-corrected chi connectivity index (χ1v) is 5.35. The van der Waals surface area contributed by atoms with Crippen LogP contribution >= 0.6 is 11.6 Å². The first-order valence-electron chi connectivity index (χ1n) is 4.97. The van der Waals surface area contributed by atoms with E-state index in [1.54, 1.807) is 0 Å². The van der Waals surface area contributed by atoms with Gasteiger partial charge in [-0.05, 0) is 17.7 Å². The molecule has 1 heterocycles. The first kappa shape index (κ1) is 12.7. The number of alkyl halides is 3. The molecule has 0 bridgehead atoms. The lowest BCUT2D eigenvalue weighted by Gasteiger charge is -2.13. The Morgan fingerprint density at radius 2 is 1.78 bits per heavy atom. The molecule has 2 nitrogen and oxygen atoms in total. The zero-order valence-corrected chi connectivity index (χ0v) is 9.76. The molecule has 1 aromatic heterocycles. The molecule has 0 radical (unpaired) electrons. The van der Waals surface area contributed by atoms with E-state index >= 15 is 0 Å². The van der Waals surface area contributed by atoms with Gasteiger partial charge in [0.2, 0.25) is 0 Å². The van der Waals surface area contributed by atoms with E-state index in [2.05, 4.69) is 4.98 Å². The standard InChI is InChI=1S/C12H8ClF3N2/c13-11-5-10(17)8(6-18-11)7-3-1-2-4-9(7)12(14,15)16/h1-6H,(H2,17,18). The Morgan fingerprint density at radius 1 is 1.11 bits per heavy atom. The van der Waals surface area contributed by atoms with Crippen molar-refractivity contribution in [2.24, 2.45) is 0 Å². The highest BCUT2D eigenvalue weighted by atomic mass is 35.5. The fourth-order valence-electron chi connectivity index (χ4n) is 1.63. The molecule has 0 amide bonds. The second-order valence-electron chi connectivity index (χ2n) is 3.64. The number of halogens is 4. The van der Waals surface area contributed by atoms with Crippen LogP contribution < -0.4 is 5.73 Å². The normalized spacial score (nSPS) is 11.6. The van der Waals surface area contributed by atoms with E-state index < -0.39 is 11.7 Å². The van der Waals surface area contributed by atoms with Crippen LogP contribution in [0.2, 0.25) is 5.15 Å².